The van der Waals surface area contributed by atoms with Crippen molar-refractivity contribution in [1.82, 2.24) is 4.98 Å². The molecule has 0 bridgehead atoms. The number of fused-ring (bicyclic) bond motifs is 1. The molecule has 2 aromatic rings. The monoisotopic (exact) mass is 222 g/mol. The third-order valence-electron chi connectivity index (χ3n) is 1.97. The number of phenolic OH excluding ortho intramolecular Hbond substituents is 1. The smallest absolute Gasteiger partial charge is 0.141 e. The quantitative estimate of drug-likeness (QED) is 0.694. The van der Waals surface area contributed by atoms with E-state index >= 15 is 0 Å². The molecule has 2 rings (SSSR count). The molecule has 0 aliphatic heterocycles. The van der Waals surface area contributed by atoms with Crippen LogP contribution < -0.4 is 0 Å². The average Bonchev–Trinajstić information content (AvgIpc) is 2.07. The van der Waals surface area contributed by atoms with E-state index in [0.29, 0.717) is 5.52 Å². The Bertz CT molecular complexity index is 387. The van der Waals surface area contributed by atoms with E-state index < -0.39 is 0 Å². The van der Waals surface area contributed by atoms with Crippen molar-refractivity contribution in [1.29, 1.82) is 0 Å². The fraction of sp³-hybridized carbons (Fsp3) is 0.100. The number of aromatic nitrogens is 1. The van der Waals surface area contributed by atoms with Crippen LogP contribution in [0, 0.1) is 6.92 Å². The maximum Gasteiger partial charge on any atom is 0.141 e. The summed E-state index contributed by atoms with van der Waals surface area (Å²) in [6.07, 6.45) is 1.71. The molecular formula is C10H9CuNO. The van der Waals surface area contributed by atoms with E-state index in [1.54, 1.807) is 12.3 Å². The first-order valence-corrected chi connectivity index (χ1v) is 3.82. The minimum absolute atomic E-state index is 0. The number of pyridine rings is 1. The second-order valence-electron chi connectivity index (χ2n) is 2.80. The molecular weight excluding hydrogens is 214 g/mol. The maximum absolute atomic E-state index is 9.43. The Morgan fingerprint density at radius 3 is 2.69 bits per heavy atom. The predicted molar refractivity (Wildman–Crippen MR) is 48.1 cm³/mol. The standard InChI is InChI=1S/C10H9NO.Cu/c1-7-5-6-11-10-8(7)3-2-4-9(10)12;/h2-6,12H,1H3;. The number of hydrogen-bond acceptors (Lipinski definition) is 2. The Labute approximate surface area is 87.1 Å². The van der Waals surface area contributed by atoms with Gasteiger partial charge in [0.2, 0.25) is 0 Å². The number of nitrogens with zero attached hydrogens (tertiary/aromatic N) is 1. The SMILES string of the molecule is Cc1ccnc2c(O)cccc12.[Cu]. The molecule has 71 valence electrons. The third kappa shape index (κ3) is 1.67. The summed E-state index contributed by atoms with van der Waals surface area (Å²) in [6, 6.07) is 7.36. The first-order valence-electron chi connectivity index (χ1n) is 3.82. The van der Waals surface area contributed by atoms with Gasteiger partial charge in [-0.15, -0.1) is 0 Å². The van der Waals surface area contributed by atoms with Crippen LogP contribution in [0.15, 0.2) is 30.5 Å². The Kier molecular flexibility index (Phi) is 2.91. The summed E-state index contributed by atoms with van der Waals surface area (Å²) in [7, 11) is 0. The minimum atomic E-state index is 0. The summed E-state index contributed by atoms with van der Waals surface area (Å²) >= 11 is 0. The maximum atomic E-state index is 9.43. The summed E-state index contributed by atoms with van der Waals surface area (Å²) < 4.78 is 0. The van der Waals surface area contributed by atoms with Crippen LogP contribution in [-0.2, 0) is 17.1 Å². The molecule has 0 saturated carbocycles. The van der Waals surface area contributed by atoms with Gasteiger partial charge in [-0.05, 0) is 24.6 Å². The van der Waals surface area contributed by atoms with E-state index in [1.807, 2.05) is 25.1 Å². The molecule has 3 heteroatoms. The second-order valence-corrected chi connectivity index (χ2v) is 2.80. The zero-order valence-electron chi connectivity index (χ0n) is 7.08. The fourth-order valence-corrected chi connectivity index (χ4v) is 1.30. The number of phenols is 1. The molecule has 0 aliphatic carbocycles. The van der Waals surface area contributed by atoms with Crippen LogP contribution in [0.1, 0.15) is 5.56 Å². The van der Waals surface area contributed by atoms with Crippen LogP contribution in [0.5, 0.6) is 5.75 Å². The molecule has 0 saturated heterocycles. The molecule has 1 radical (unpaired) electrons. The summed E-state index contributed by atoms with van der Waals surface area (Å²) in [5.74, 6) is 0.246. The summed E-state index contributed by atoms with van der Waals surface area (Å²) in [4.78, 5) is 4.09. The normalized spacial score (nSPS) is 9.62. The molecule has 1 heterocycles. The molecule has 0 fully saturated rings. The van der Waals surface area contributed by atoms with Crippen molar-refractivity contribution in [3.05, 3.63) is 36.0 Å². The Balaban J connectivity index is 0.000000845. The van der Waals surface area contributed by atoms with E-state index in [2.05, 4.69) is 4.98 Å². The average molecular weight is 223 g/mol. The third-order valence-corrected chi connectivity index (χ3v) is 1.97. The van der Waals surface area contributed by atoms with Crippen molar-refractivity contribution in [3.8, 4) is 5.75 Å². The molecule has 13 heavy (non-hydrogen) atoms. The minimum Gasteiger partial charge on any atom is -0.506 e. The van der Waals surface area contributed by atoms with E-state index in [0.717, 1.165) is 10.9 Å². The van der Waals surface area contributed by atoms with Gasteiger partial charge in [0.05, 0.1) is 0 Å². The van der Waals surface area contributed by atoms with Crippen LogP contribution in [-0.4, -0.2) is 10.1 Å². The summed E-state index contributed by atoms with van der Waals surface area (Å²) in [5.41, 5.74) is 1.81. The first kappa shape index (κ1) is 10.0. The van der Waals surface area contributed by atoms with Crippen molar-refractivity contribution < 1.29 is 22.2 Å². The molecule has 1 aromatic carbocycles. The second kappa shape index (κ2) is 3.77. The van der Waals surface area contributed by atoms with Gasteiger partial charge < -0.3 is 5.11 Å². The largest absolute Gasteiger partial charge is 0.506 e. The number of para-hydroxylation sites is 1. The van der Waals surface area contributed by atoms with Crippen LogP contribution in [0.4, 0.5) is 0 Å². The van der Waals surface area contributed by atoms with Crippen molar-refractivity contribution in [2.45, 2.75) is 6.92 Å². The van der Waals surface area contributed by atoms with E-state index in [9.17, 15) is 5.11 Å². The number of aryl methyl sites for hydroxylation is 1. The number of hydrogen-bond donors (Lipinski definition) is 1. The topological polar surface area (TPSA) is 33.1 Å². The van der Waals surface area contributed by atoms with Gasteiger partial charge in [0.15, 0.2) is 0 Å². The Morgan fingerprint density at radius 2 is 2.00 bits per heavy atom. The predicted octanol–water partition coefficient (Wildman–Crippen LogP) is 2.25. The van der Waals surface area contributed by atoms with Crippen molar-refractivity contribution in [2.24, 2.45) is 0 Å². The van der Waals surface area contributed by atoms with Crippen molar-refractivity contribution in [2.75, 3.05) is 0 Å². The van der Waals surface area contributed by atoms with Gasteiger partial charge in [0, 0.05) is 28.7 Å². The van der Waals surface area contributed by atoms with Gasteiger partial charge in [0.25, 0.3) is 0 Å². The Morgan fingerprint density at radius 1 is 1.23 bits per heavy atom. The molecule has 0 unspecified atom stereocenters. The van der Waals surface area contributed by atoms with Gasteiger partial charge >= 0.3 is 0 Å². The van der Waals surface area contributed by atoms with Crippen molar-refractivity contribution in [3.63, 3.8) is 0 Å². The molecule has 0 aliphatic rings. The fourth-order valence-electron chi connectivity index (χ4n) is 1.30. The van der Waals surface area contributed by atoms with E-state index in [-0.39, 0.29) is 22.8 Å². The number of benzene rings is 1. The number of rotatable bonds is 0. The van der Waals surface area contributed by atoms with Gasteiger partial charge in [0.1, 0.15) is 11.3 Å². The van der Waals surface area contributed by atoms with E-state index in [4.69, 9.17) is 0 Å². The van der Waals surface area contributed by atoms with Crippen molar-refractivity contribution >= 4 is 10.9 Å². The van der Waals surface area contributed by atoms with Gasteiger partial charge in [-0.1, -0.05) is 12.1 Å². The molecule has 2 nitrogen and oxygen atoms in total. The van der Waals surface area contributed by atoms with E-state index in [1.165, 1.54) is 0 Å². The van der Waals surface area contributed by atoms with Gasteiger partial charge in [-0.3, -0.25) is 4.98 Å². The number of aromatic hydroxyl groups is 1. The van der Waals surface area contributed by atoms with Crippen LogP contribution in [0.2, 0.25) is 0 Å². The molecule has 0 atom stereocenters. The van der Waals surface area contributed by atoms with Gasteiger partial charge in [-0.2, -0.15) is 0 Å². The molecule has 0 amide bonds. The summed E-state index contributed by atoms with van der Waals surface area (Å²) in [6.45, 7) is 2.00. The zero-order chi connectivity index (χ0) is 8.55. The van der Waals surface area contributed by atoms with Crippen LogP contribution in [0.3, 0.4) is 0 Å². The molecule has 1 N–H and O–H groups in total. The molecule has 1 aromatic heterocycles. The Hall–Kier alpha value is -1.05. The summed E-state index contributed by atoms with van der Waals surface area (Å²) in [5, 5.41) is 10.4. The van der Waals surface area contributed by atoms with Crippen LogP contribution in [0.25, 0.3) is 10.9 Å². The van der Waals surface area contributed by atoms with Crippen LogP contribution >= 0.6 is 0 Å². The first-order chi connectivity index (χ1) is 5.79. The van der Waals surface area contributed by atoms with Gasteiger partial charge in [-0.25, -0.2) is 0 Å². The molecule has 0 spiro atoms. The zero-order valence-corrected chi connectivity index (χ0v) is 8.02.